The molecule has 0 aliphatic carbocycles. The van der Waals surface area contributed by atoms with E-state index in [1.165, 1.54) is 0 Å². The molecule has 0 aromatic carbocycles. The van der Waals surface area contributed by atoms with Gasteiger partial charge < -0.3 is 68.5 Å². The van der Waals surface area contributed by atoms with E-state index in [0.717, 1.165) is 0 Å². The van der Waals surface area contributed by atoms with Crippen molar-refractivity contribution in [3.05, 3.63) is 0 Å². The Morgan fingerprint density at radius 2 is 0.526 bits per heavy atom. The third-order valence-electron chi connectivity index (χ3n) is 0. The molecule has 112 valence electrons. The van der Waals surface area contributed by atoms with Gasteiger partial charge in [-0.3, -0.25) is 0 Å². The van der Waals surface area contributed by atoms with Crippen LogP contribution in [-0.4, -0.2) is 98.2 Å². The van der Waals surface area contributed by atoms with Gasteiger partial charge in [-0.2, -0.15) is 0 Å². The molecule has 0 unspecified atom stereocenters. The monoisotopic (exact) mass is 390 g/mol. The second-order valence-electron chi connectivity index (χ2n) is 1.75. The molecule has 0 aliphatic rings. The minimum absolute atomic E-state index is 0. The van der Waals surface area contributed by atoms with Gasteiger partial charge in [-0.05, 0) is 0 Å². The maximum absolute atomic E-state index is 8.80. The van der Waals surface area contributed by atoms with Crippen molar-refractivity contribution in [1.29, 1.82) is 0 Å². The molecule has 0 fully saturated rings. The summed E-state index contributed by atoms with van der Waals surface area (Å²) in [7, 11) is -14.3. The van der Waals surface area contributed by atoms with E-state index < -0.39 is 27.1 Å². The van der Waals surface area contributed by atoms with Gasteiger partial charge in [-0.15, -0.1) is 0 Å². The van der Waals surface area contributed by atoms with Crippen molar-refractivity contribution < 1.29 is 90.2 Å². The summed E-state index contributed by atoms with van der Waals surface area (Å²) in [4.78, 5) is 90.4. The Kier molecular flexibility index (Phi) is 39.7. The molecule has 19 heteroatoms. The van der Waals surface area contributed by atoms with Crippen LogP contribution in [0.3, 0.4) is 0 Å². The van der Waals surface area contributed by atoms with Crippen LogP contribution in [0.15, 0.2) is 0 Å². The first-order valence-electron chi connectivity index (χ1n) is 2.64. The molecule has 0 spiro atoms. The zero-order chi connectivity index (χ0) is 13.5. The summed E-state index contributed by atoms with van der Waals surface area (Å²) >= 11 is 0. The van der Waals surface area contributed by atoms with E-state index >= 15 is 0 Å². The van der Waals surface area contributed by atoms with E-state index in [-0.39, 0.29) is 55.7 Å². The standard InChI is InChI=1S/Mg.2H4O4Si.H2O4Si.2O.Ti/c;3*1-5(2,3)4;;;/h;2*1-4H;1-2H;;;/q+2;;;3*-2;+4. The van der Waals surface area contributed by atoms with Gasteiger partial charge >= 0.3 is 62.9 Å². The van der Waals surface area contributed by atoms with Gasteiger partial charge in [0.2, 0.25) is 0 Å². The fourth-order valence-electron chi connectivity index (χ4n) is 0. The zero-order valence-corrected chi connectivity index (χ0v) is 14.8. The number of hydrogen-bond donors (Lipinski definition) is 10. The molecule has 0 saturated carbocycles. The molecule has 10 N–H and O–H groups in total. The van der Waals surface area contributed by atoms with Gasteiger partial charge in [0.05, 0.1) is 0 Å². The van der Waals surface area contributed by atoms with Gasteiger partial charge in [0, 0.05) is 0 Å². The summed E-state index contributed by atoms with van der Waals surface area (Å²) in [6.07, 6.45) is 0. The molecule has 0 bridgehead atoms. The maximum Gasteiger partial charge on any atom is 4.00 e. The van der Waals surface area contributed by atoms with E-state index in [1.54, 1.807) is 0 Å². The topological polar surface area (TPSA) is 305 Å². The van der Waals surface area contributed by atoms with Crippen molar-refractivity contribution in [3.8, 4) is 0 Å². The smallest absolute Gasteiger partial charge is 2.00 e. The van der Waals surface area contributed by atoms with Crippen molar-refractivity contribution in [2.75, 3.05) is 0 Å². The van der Waals surface area contributed by atoms with Crippen LogP contribution in [0.2, 0.25) is 0 Å². The second kappa shape index (κ2) is 17.6. The average molecular weight is 390 g/mol. The summed E-state index contributed by atoms with van der Waals surface area (Å²) in [5.74, 6) is 0. The van der Waals surface area contributed by atoms with E-state index in [2.05, 4.69) is 0 Å². The summed E-state index contributed by atoms with van der Waals surface area (Å²) in [6.45, 7) is 0. The fraction of sp³-hybridized carbons (Fsp3) is 0. The normalized spacial score (nSPS) is 9.47. The molecular formula is H10MgO14Si3Ti. The summed E-state index contributed by atoms with van der Waals surface area (Å²) in [5.41, 5.74) is 0. The van der Waals surface area contributed by atoms with Gasteiger partial charge in [-0.1, -0.05) is 0 Å². The molecule has 0 heterocycles. The first-order valence-corrected chi connectivity index (χ1v) is 7.93. The minimum Gasteiger partial charge on any atom is -2.00 e. The van der Waals surface area contributed by atoms with Crippen molar-refractivity contribution >= 4 is 50.2 Å². The maximum atomic E-state index is 8.80. The Labute approximate surface area is 140 Å². The third kappa shape index (κ3) is 2450. The summed E-state index contributed by atoms with van der Waals surface area (Å²) in [6, 6.07) is 0. The molecule has 0 aromatic rings. The van der Waals surface area contributed by atoms with Crippen molar-refractivity contribution in [1.82, 2.24) is 0 Å². The summed E-state index contributed by atoms with van der Waals surface area (Å²) < 4.78 is 0. The van der Waals surface area contributed by atoms with Crippen LogP contribution in [0.5, 0.6) is 0 Å². The van der Waals surface area contributed by atoms with Crippen LogP contribution in [-0.2, 0) is 32.7 Å². The van der Waals surface area contributed by atoms with Crippen molar-refractivity contribution in [2.24, 2.45) is 0 Å². The SMILES string of the molecule is O[Si](O)(O)O.O[Si](O)(O)O.[Mg+2].[O-2].[O-2].[O-][Si]([O-])(O)O.[Ti+4]. The molecular weight excluding hydrogens is 380 g/mol. The Bertz CT molecular complexity index is 97.7. The predicted octanol–water partition coefficient (Wildman–Crippen LogP) is -9.71. The van der Waals surface area contributed by atoms with Crippen LogP contribution in [0.25, 0.3) is 0 Å². The predicted molar refractivity (Wildman–Crippen MR) is 46.6 cm³/mol. The van der Waals surface area contributed by atoms with Crippen LogP contribution in [0, 0.1) is 0 Å². The molecule has 0 rings (SSSR count). The fourth-order valence-corrected chi connectivity index (χ4v) is 0. The number of hydrogen-bond acceptors (Lipinski definition) is 12. The van der Waals surface area contributed by atoms with Crippen molar-refractivity contribution in [2.45, 2.75) is 0 Å². The largest absolute Gasteiger partial charge is 4.00 e. The van der Waals surface area contributed by atoms with Gasteiger partial charge in [0.25, 0.3) is 0 Å². The molecule has 0 atom stereocenters. The minimum atomic E-state index is -5.11. The van der Waals surface area contributed by atoms with Crippen molar-refractivity contribution in [3.63, 3.8) is 0 Å². The molecule has 19 heavy (non-hydrogen) atoms. The number of rotatable bonds is 0. The molecule has 0 aromatic heterocycles. The Hall–Kier alpha value is 1.57. The molecule has 0 amide bonds. The first-order chi connectivity index (χ1) is 6.00. The molecule has 14 nitrogen and oxygen atoms in total. The molecule has 0 radical (unpaired) electrons. The average Bonchev–Trinajstić information content (AvgIpc) is 1.41. The van der Waals surface area contributed by atoms with E-state index in [0.29, 0.717) is 0 Å². The van der Waals surface area contributed by atoms with E-state index in [4.69, 9.17) is 57.5 Å². The van der Waals surface area contributed by atoms with Crippen LogP contribution >= 0.6 is 0 Å². The van der Waals surface area contributed by atoms with E-state index in [1.807, 2.05) is 0 Å². The quantitative estimate of drug-likeness (QED) is 0.172. The Balaban J connectivity index is -0.0000000206. The Morgan fingerprint density at radius 1 is 0.526 bits per heavy atom. The Morgan fingerprint density at radius 3 is 0.526 bits per heavy atom. The molecule has 0 saturated heterocycles. The summed E-state index contributed by atoms with van der Waals surface area (Å²) in [5, 5.41) is 0. The van der Waals surface area contributed by atoms with Crippen LogP contribution in [0.1, 0.15) is 0 Å². The third-order valence-corrected chi connectivity index (χ3v) is 0. The van der Waals surface area contributed by atoms with Gasteiger partial charge in [-0.25, -0.2) is 0 Å². The van der Waals surface area contributed by atoms with Gasteiger partial charge in [0.1, 0.15) is 9.05 Å². The molecule has 0 aliphatic heterocycles. The first kappa shape index (κ1) is 42.8. The van der Waals surface area contributed by atoms with E-state index in [9.17, 15) is 0 Å². The van der Waals surface area contributed by atoms with Gasteiger partial charge in [0.15, 0.2) is 0 Å². The van der Waals surface area contributed by atoms with Crippen LogP contribution < -0.4 is 9.59 Å². The second-order valence-corrected chi connectivity index (χ2v) is 5.25. The van der Waals surface area contributed by atoms with Crippen LogP contribution in [0.4, 0.5) is 0 Å². The zero-order valence-electron chi connectivity index (χ0n) is 8.81.